The second-order valence-electron chi connectivity index (χ2n) is 8.09. The van der Waals surface area contributed by atoms with Gasteiger partial charge in [0.15, 0.2) is 0 Å². The lowest BCUT2D eigenvalue weighted by atomic mass is 10.0. The Morgan fingerprint density at radius 1 is 0.939 bits per heavy atom. The summed E-state index contributed by atoms with van der Waals surface area (Å²) >= 11 is 0. The molecule has 1 aromatic heterocycles. The Labute approximate surface area is 190 Å². The molecule has 7 heteroatoms. The number of fused-ring (bicyclic) bond motifs is 1. The smallest absolute Gasteiger partial charge is 0.258 e. The van der Waals surface area contributed by atoms with E-state index in [0.717, 1.165) is 28.0 Å². The molecular formula is C26H22FN5O. The van der Waals surface area contributed by atoms with Crippen LogP contribution in [-0.4, -0.2) is 20.7 Å². The molecule has 2 N–H and O–H groups in total. The third-order valence-corrected chi connectivity index (χ3v) is 5.58. The van der Waals surface area contributed by atoms with Crippen LogP contribution in [0, 0.1) is 19.7 Å². The summed E-state index contributed by atoms with van der Waals surface area (Å²) in [4.78, 5) is 17.2. The van der Waals surface area contributed by atoms with Gasteiger partial charge in [-0.1, -0.05) is 59.7 Å². The van der Waals surface area contributed by atoms with Crippen molar-refractivity contribution in [1.29, 1.82) is 0 Å². The number of carbonyl (C=O) groups is 1. The highest BCUT2D eigenvalue weighted by atomic mass is 19.1. The molecule has 4 aromatic rings. The first-order valence-corrected chi connectivity index (χ1v) is 10.6. The fourth-order valence-electron chi connectivity index (χ4n) is 3.72. The van der Waals surface area contributed by atoms with Crippen molar-refractivity contribution in [2.45, 2.75) is 19.9 Å². The van der Waals surface area contributed by atoms with E-state index in [1.165, 1.54) is 12.1 Å². The van der Waals surface area contributed by atoms with Crippen LogP contribution in [0.15, 0.2) is 78.9 Å². The number of carbonyl (C=O) groups excluding carboxylic acids is 1. The summed E-state index contributed by atoms with van der Waals surface area (Å²) in [6.45, 7) is 4.00. The van der Waals surface area contributed by atoms with Gasteiger partial charge >= 0.3 is 0 Å². The molecule has 0 aliphatic carbocycles. The highest BCUT2D eigenvalue weighted by Gasteiger charge is 2.26. The first-order valence-electron chi connectivity index (χ1n) is 10.6. The van der Waals surface area contributed by atoms with Crippen molar-refractivity contribution in [3.05, 3.63) is 113 Å². The van der Waals surface area contributed by atoms with Crippen LogP contribution in [0.4, 0.5) is 16.3 Å². The molecule has 0 saturated heterocycles. The monoisotopic (exact) mass is 439 g/mol. The molecule has 0 fully saturated rings. The SMILES string of the molecule is Cc1ccc(C(=O)Nc2nc3n(n2)[C@@H](c2ccc(F)cc2)C=C(c2ccc(C)cc2)N3)cc1. The number of hydrogen-bond donors (Lipinski definition) is 2. The van der Waals surface area contributed by atoms with Crippen molar-refractivity contribution in [2.75, 3.05) is 10.6 Å². The van der Waals surface area contributed by atoms with Crippen molar-refractivity contribution in [3.8, 4) is 0 Å². The largest absolute Gasteiger partial charge is 0.324 e. The first kappa shape index (κ1) is 20.6. The molecule has 2 heterocycles. The summed E-state index contributed by atoms with van der Waals surface area (Å²) in [5, 5.41) is 10.6. The van der Waals surface area contributed by atoms with E-state index in [-0.39, 0.29) is 23.7 Å². The lowest BCUT2D eigenvalue weighted by Crippen LogP contribution is -2.20. The zero-order valence-electron chi connectivity index (χ0n) is 18.2. The summed E-state index contributed by atoms with van der Waals surface area (Å²) in [6, 6.07) is 21.4. The van der Waals surface area contributed by atoms with Crippen LogP contribution < -0.4 is 10.6 Å². The summed E-state index contributed by atoms with van der Waals surface area (Å²) in [5.74, 6) is 0.0821. The van der Waals surface area contributed by atoms with Gasteiger partial charge in [0.2, 0.25) is 5.95 Å². The average Bonchev–Trinajstić information content (AvgIpc) is 3.22. The fraction of sp³-hybridized carbons (Fsp3) is 0.115. The third kappa shape index (κ3) is 4.25. The quantitative estimate of drug-likeness (QED) is 0.450. The number of nitrogens with one attached hydrogen (secondary N) is 2. The van der Waals surface area contributed by atoms with Crippen LogP contribution in [0.25, 0.3) is 5.70 Å². The van der Waals surface area contributed by atoms with E-state index in [4.69, 9.17) is 0 Å². The molecular weight excluding hydrogens is 417 g/mol. The predicted molar refractivity (Wildman–Crippen MR) is 126 cm³/mol. The molecule has 33 heavy (non-hydrogen) atoms. The molecule has 3 aromatic carbocycles. The van der Waals surface area contributed by atoms with E-state index in [0.29, 0.717) is 11.5 Å². The number of amides is 1. The number of aryl methyl sites for hydroxylation is 2. The highest BCUT2D eigenvalue weighted by molar-refractivity contribution is 6.03. The predicted octanol–water partition coefficient (Wildman–Crippen LogP) is 5.34. The summed E-state index contributed by atoms with van der Waals surface area (Å²) in [5.41, 5.74) is 5.46. The zero-order chi connectivity index (χ0) is 22.9. The van der Waals surface area contributed by atoms with Crippen LogP contribution in [0.3, 0.4) is 0 Å². The number of aromatic nitrogens is 3. The first-order chi connectivity index (χ1) is 16.0. The normalized spacial score (nSPS) is 14.8. The lowest BCUT2D eigenvalue weighted by molar-refractivity contribution is 0.102. The van der Waals surface area contributed by atoms with E-state index in [1.807, 2.05) is 56.3 Å². The van der Waals surface area contributed by atoms with E-state index in [9.17, 15) is 9.18 Å². The van der Waals surface area contributed by atoms with Crippen LogP contribution in [0.5, 0.6) is 0 Å². The molecule has 0 spiro atoms. The molecule has 6 nitrogen and oxygen atoms in total. The molecule has 1 atom stereocenters. The third-order valence-electron chi connectivity index (χ3n) is 5.58. The number of benzene rings is 3. The summed E-state index contributed by atoms with van der Waals surface area (Å²) in [6.07, 6.45) is 2.02. The number of hydrogen-bond acceptors (Lipinski definition) is 4. The number of halogens is 1. The molecule has 0 radical (unpaired) electrons. The number of allylic oxidation sites excluding steroid dienone is 1. The topological polar surface area (TPSA) is 71.8 Å². The van der Waals surface area contributed by atoms with Crippen molar-refractivity contribution >= 4 is 23.5 Å². The molecule has 1 aliphatic rings. The minimum Gasteiger partial charge on any atom is -0.324 e. The van der Waals surface area contributed by atoms with E-state index >= 15 is 0 Å². The van der Waals surface area contributed by atoms with Crippen LogP contribution in [0.1, 0.15) is 38.7 Å². The number of rotatable bonds is 4. The minimum atomic E-state index is -0.323. The molecule has 164 valence electrons. The van der Waals surface area contributed by atoms with E-state index < -0.39 is 0 Å². The second kappa shape index (κ2) is 8.35. The second-order valence-corrected chi connectivity index (χ2v) is 8.09. The molecule has 0 bridgehead atoms. The highest BCUT2D eigenvalue weighted by Crippen LogP contribution is 2.33. The Hall–Kier alpha value is -4.26. The Kier molecular flexibility index (Phi) is 5.22. The maximum absolute atomic E-state index is 13.6. The molecule has 0 saturated carbocycles. The van der Waals surface area contributed by atoms with Gasteiger partial charge in [-0.2, -0.15) is 4.98 Å². The standard InChI is InChI=1S/C26H22FN5O/c1-16-3-7-18(8-4-16)22-15-23(19-11-13-21(27)14-12-19)32-26(28-22)30-25(31-32)29-24(33)20-9-5-17(2)6-10-20/h3-15,23H,1-2H3,(H2,28,29,30,31,33)/t23-/m1/s1. The number of anilines is 2. The van der Waals surface area contributed by atoms with Crippen LogP contribution >= 0.6 is 0 Å². The Bertz CT molecular complexity index is 1340. The molecule has 1 amide bonds. The van der Waals surface area contributed by atoms with Gasteiger partial charge in [0.25, 0.3) is 11.9 Å². The zero-order valence-corrected chi connectivity index (χ0v) is 18.2. The minimum absolute atomic E-state index is 0.189. The fourth-order valence-corrected chi connectivity index (χ4v) is 3.72. The van der Waals surface area contributed by atoms with Crippen molar-refractivity contribution in [3.63, 3.8) is 0 Å². The molecule has 5 rings (SSSR count). The van der Waals surface area contributed by atoms with E-state index in [2.05, 4.69) is 20.7 Å². The van der Waals surface area contributed by atoms with Gasteiger partial charge in [0, 0.05) is 11.3 Å². The van der Waals surface area contributed by atoms with Gasteiger partial charge in [-0.15, -0.1) is 5.10 Å². The molecule has 0 unspecified atom stereocenters. The van der Waals surface area contributed by atoms with Crippen molar-refractivity contribution < 1.29 is 9.18 Å². The van der Waals surface area contributed by atoms with Gasteiger partial charge in [0.05, 0.1) is 0 Å². The Balaban J connectivity index is 1.50. The van der Waals surface area contributed by atoms with Crippen molar-refractivity contribution in [2.24, 2.45) is 0 Å². The van der Waals surface area contributed by atoms with Crippen molar-refractivity contribution in [1.82, 2.24) is 14.8 Å². The van der Waals surface area contributed by atoms with Gasteiger partial charge < -0.3 is 5.32 Å². The van der Waals surface area contributed by atoms with Gasteiger partial charge in [-0.25, -0.2) is 9.07 Å². The number of nitrogens with zero attached hydrogens (tertiary/aromatic N) is 3. The summed E-state index contributed by atoms with van der Waals surface area (Å²) < 4.78 is 15.2. The van der Waals surface area contributed by atoms with Crippen LogP contribution in [0.2, 0.25) is 0 Å². The lowest BCUT2D eigenvalue weighted by Gasteiger charge is -2.24. The molecule has 1 aliphatic heterocycles. The van der Waals surface area contributed by atoms with Gasteiger partial charge in [-0.3, -0.25) is 10.1 Å². The summed E-state index contributed by atoms with van der Waals surface area (Å²) in [7, 11) is 0. The maximum Gasteiger partial charge on any atom is 0.258 e. The Morgan fingerprint density at radius 2 is 1.58 bits per heavy atom. The van der Waals surface area contributed by atoms with Gasteiger partial charge in [-0.05, 0) is 55.3 Å². The maximum atomic E-state index is 13.6. The Morgan fingerprint density at radius 3 is 2.24 bits per heavy atom. The average molecular weight is 439 g/mol. The van der Waals surface area contributed by atoms with E-state index in [1.54, 1.807) is 28.9 Å². The van der Waals surface area contributed by atoms with Crippen LogP contribution in [-0.2, 0) is 0 Å². The van der Waals surface area contributed by atoms with Gasteiger partial charge in [0.1, 0.15) is 11.9 Å².